The zero-order valence-corrected chi connectivity index (χ0v) is 11.4. The lowest BCUT2D eigenvalue weighted by Gasteiger charge is -2.24. The van der Waals surface area contributed by atoms with Crippen molar-refractivity contribution in [2.75, 3.05) is 6.54 Å². The van der Waals surface area contributed by atoms with Crippen LogP contribution in [0, 0.1) is 10.1 Å². The maximum atomic E-state index is 12.4. The summed E-state index contributed by atoms with van der Waals surface area (Å²) in [6.07, 6.45) is -1.48. The number of nitro groups is 1. The van der Waals surface area contributed by atoms with Gasteiger partial charge in [-0.05, 0) is 12.5 Å². The highest BCUT2D eigenvalue weighted by atomic mass is 32.2. The number of carboxylic acids is 1. The molecule has 0 spiro atoms. The van der Waals surface area contributed by atoms with E-state index in [1.54, 1.807) is 0 Å². The molecule has 0 radical (unpaired) electrons. The van der Waals surface area contributed by atoms with Crippen LogP contribution in [0.3, 0.4) is 0 Å². The Balaban J connectivity index is 2.52. The average molecular weight is 315 g/mol. The summed E-state index contributed by atoms with van der Waals surface area (Å²) in [5.41, 5.74) is -0.656. The third kappa shape index (κ3) is 2.73. The number of nitrogens with zero attached hydrogens (tertiary/aromatic N) is 2. The lowest BCUT2D eigenvalue weighted by molar-refractivity contribution is -0.387. The van der Waals surface area contributed by atoms with Crippen LogP contribution < -0.4 is 5.11 Å². The van der Waals surface area contributed by atoms with Gasteiger partial charge in [-0.3, -0.25) is 10.1 Å². The van der Waals surface area contributed by atoms with Crippen molar-refractivity contribution in [3.63, 3.8) is 0 Å². The smallest absolute Gasteiger partial charge is 0.289 e. The van der Waals surface area contributed by atoms with Crippen molar-refractivity contribution in [2.45, 2.75) is 23.5 Å². The van der Waals surface area contributed by atoms with E-state index in [0.29, 0.717) is 4.31 Å². The minimum Gasteiger partial charge on any atom is -0.548 e. The van der Waals surface area contributed by atoms with E-state index in [4.69, 9.17) is 0 Å². The molecule has 1 aromatic carbocycles. The molecule has 2 rings (SSSR count). The summed E-state index contributed by atoms with van der Waals surface area (Å²) in [7, 11) is -4.43. The first-order valence-corrected chi connectivity index (χ1v) is 7.33. The number of nitro benzene ring substituents is 1. The van der Waals surface area contributed by atoms with Gasteiger partial charge in [0.05, 0.1) is 23.0 Å². The van der Waals surface area contributed by atoms with Crippen LogP contribution in [0.4, 0.5) is 5.69 Å². The zero-order chi connectivity index (χ0) is 15.8. The molecule has 0 saturated carbocycles. The van der Waals surface area contributed by atoms with E-state index in [-0.39, 0.29) is 6.42 Å². The molecule has 1 heterocycles. The highest BCUT2D eigenvalue weighted by Crippen LogP contribution is 2.31. The van der Waals surface area contributed by atoms with Crippen molar-refractivity contribution in [1.82, 2.24) is 4.31 Å². The second-order valence-electron chi connectivity index (χ2n) is 4.52. The Hall–Kier alpha value is -2.04. The second-order valence-corrected chi connectivity index (χ2v) is 6.38. The molecule has 1 saturated heterocycles. The zero-order valence-electron chi connectivity index (χ0n) is 10.6. The Morgan fingerprint density at radius 1 is 1.38 bits per heavy atom. The van der Waals surface area contributed by atoms with Gasteiger partial charge >= 0.3 is 0 Å². The summed E-state index contributed by atoms with van der Waals surface area (Å²) >= 11 is 0. The summed E-state index contributed by atoms with van der Waals surface area (Å²) in [5, 5.41) is 31.4. The first-order valence-electron chi connectivity index (χ1n) is 5.89. The number of aliphatic carboxylic acids is 1. The molecule has 0 amide bonds. The van der Waals surface area contributed by atoms with E-state index in [1.165, 1.54) is 12.1 Å². The molecule has 10 heteroatoms. The van der Waals surface area contributed by atoms with Crippen molar-refractivity contribution in [3.05, 3.63) is 34.4 Å². The highest BCUT2D eigenvalue weighted by Gasteiger charge is 2.42. The third-order valence-electron chi connectivity index (χ3n) is 3.15. The van der Waals surface area contributed by atoms with Gasteiger partial charge in [0.1, 0.15) is 0 Å². The number of sulfonamides is 1. The Morgan fingerprint density at radius 2 is 2.00 bits per heavy atom. The number of aliphatic hydroxyl groups excluding tert-OH is 1. The fourth-order valence-corrected chi connectivity index (χ4v) is 4.00. The summed E-state index contributed by atoms with van der Waals surface area (Å²) in [6.45, 7) is -0.451. The Kier molecular flexibility index (Phi) is 3.94. The highest BCUT2D eigenvalue weighted by molar-refractivity contribution is 7.89. The first-order chi connectivity index (χ1) is 9.75. The molecule has 1 N–H and O–H groups in total. The lowest BCUT2D eigenvalue weighted by atomic mass is 10.2. The Bertz CT molecular complexity index is 688. The molecule has 0 unspecified atom stereocenters. The maximum absolute atomic E-state index is 12.4. The van der Waals surface area contributed by atoms with Gasteiger partial charge in [-0.15, -0.1) is 0 Å². The summed E-state index contributed by atoms with van der Waals surface area (Å²) < 4.78 is 25.4. The quantitative estimate of drug-likeness (QED) is 0.524. The second kappa shape index (κ2) is 5.39. The van der Waals surface area contributed by atoms with E-state index in [2.05, 4.69) is 0 Å². The van der Waals surface area contributed by atoms with Crippen LogP contribution >= 0.6 is 0 Å². The Labute approximate surface area is 119 Å². The molecule has 2 atom stereocenters. The molecule has 9 nitrogen and oxygen atoms in total. The number of hydrogen-bond donors (Lipinski definition) is 1. The van der Waals surface area contributed by atoms with Gasteiger partial charge in [0, 0.05) is 12.6 Å². The van der Waals surface area contributed by atoms with Gasteiger partial charge in [-0.25, -0.2) is 8.42 Å². The number of para-hydroxylation sites is 1. The molecule has 21 heavy (non-hydrogen) atoms. The number of rotatable bonds is 4. The number of hydrogen-bond acceptors (Lipinski definition) is 7. The maximum Gasteiger partial charge on any atom is 0.289 e. The van der Waals surface area contributed by atoms with Crippen LogP contribution in [-0.4, -0.2) is 47.4 Å². The standard InChI is InChI=1S/C11H12N2O7S/c14-7-5-9(11(15)16)12(6-7)21(19,20)10-4-2-1-3-8(10)13(17)18/h1-4,7,9,14H,5-6H2,(H,15,16)/p-1/t7-,9-/m0/s1. The van der Waals surface area contributed by atoms with Crippen molar-refractivity contribution in [2.24, 2.45) is 0 Å². The van der Waals surface area contributed by atoms with Crippen molar-refractivity contribution >= 4 is 21.7 Å². The van der Waals surface area contributed by atoms with Crippen molar-refractivity contribution in [3.8, 4) is 0 Å². The first kappa shape index (κ1) is 15.4. The molecule has 1 aliphatic heterocycles. The SMILES string of the molecule is O=C([O-])[C@@H]1C[C@H](O)CN1S(=O)(=O)c1ccccc1[N+](=O)[O-]. The van der Waals surface area contributed by atoms with E-state index >= 15 is 0 Å². The summed E-state index contributed by atoms with van der Waals surface area (Å²) in [4.78, 5) is 20.4. The van der Waals surface area contributed by atoms with Crippen molar-refractivity contribution in [1.29, 1.82) is 0 Å². The fraction of sp³-hybridized carbons (Fsp3) is 0.364. The molecular formula is C11H11N2O7S-. The van der Waals surface area contributed by atoms with Gasteiger partial charge < -0.3 is 15.0 Å². The van der Waals surface area contributed by atoms with E-state index in [1.807, 2.05) is 0 Å². The molecule has 1 aromatic rings. The molecule has 1 aliphatic rings. The number of aliphatic hydroxyl groups is 1. The monoisotopic (exact) mass is 315 g/mol. The predicted molar refractivity (Wildman–Crippen MR) is 66.4 cm³/mol. The van der Waals surface area contributed by atoms with E-state index < -0.39 is 50.2 Å². The number of carboxylic acid groups (broad SMARTS) is 1. The number of β-amino-alcohol motifs (C(OH)–C–C–N with tert-alkyl or cyclic N) is 1. The fourth-order valence-electron chi connectivity index (χ4n) is 2.22. The summed E-state index contributed by atoms with van der Waals surface area (Å²) in [6, 6.07) is 3.06. The molecule has 0 bridgehead atoms. The van der Waals surface area contributed by atoms with Gasteiger partial charge in [-0.1, -0.05) is 12.1 Å². The third-order valence-corrected chi connectivity index (χ3v) is 5.08. The molecule has 0 aromatic heterocycles. The van der Waals surface area contributed by atoms with Crippen LogP contribution in [0.15, 0.2) is 29.2 Å². The number of carbonyl (C=O) groups excluding carboxylic acids is 1. The van der Waals surface area contributed by atoms with Gasteiger partial charge in [0.25, 0.3) is 15.7 Å². The van der Waals surface area contributed by atoms with Crippen LogP contribution in [-0.2, 0) is 14.8 Å². The minimum atomic E-state index is -4.43. The van der Waals surface area contributed by atoms with Crippen LogP contribution in [0.5, 0.6) is 0 Å². The van der Waals surface area contributed by atoms with E-state index in [9.17, 15) is 33.5 Å². The summed E-state index contributed by atoms with van der Waals surface area (Å²) in [5.74, 6) is -1.66. The van der Waals surface area contributed by atoms with Gasteiger partial charge in [0.2, 0.25) is 0 Å². The number of carbonyl (C=O) groups is 1. The molecule has 0 aliphatic carbocycles. The van der Waals surface area contributed by atoms with E-state index in [0.717, 1.165) is 12.1 Å². The van der Waals surface area contributed by atoms with Crippen LogP contribution in [0.1, 0.15) is 6.42 Å². The predicted octanol–water partition coefficient (Wildman–Crippen LogP) is -1.53. The van der Waals surface area contributed by atoms with Crippen LogP contribution in [0.2, 0.25) is 0 Å². The largest absolute Gasteiger partial charge is 0.548 e. The molecule has 114 valence electrons. The molecular weight excluding hydrogens is 304 g/mol. The average Bonchev–Trinajstić information content (AvgIpc) is 2.82. The lowest BCUT2D eigenvalue weighted by Crippen LogP contribution is -2.46. The van der Waals surface area contributed by atoms with Crippen molar-refractivity contribution < 1.29 is 28.3 Å². The topological polar surface area (TPSA) is 141 Å². The number of benzene rings is 1. The van der Waals surface area contributed by atoms with Gasteiger partial charge in [0.15, 0.2) is 4.90 Å². The molecule has 1 fully saturated rings. The van der Waals surface area contributed by atoms with Crippen LogP contribution in [0.25, 0.3) is 0 Å². The van der Waals surface area contributed by atoms with Gasteiger partial charge in [-0.2, -0.15) is 4.31 Å². The normalized spacial score (nSPS) is 23.1. The minimum absolute atomic E-state index is 0.317. The Morgan fingerprint density at radius 3 is 2.57 bits per heavy atom.